The average Bonchev–Trinajstić information content (AvgIpc) is 3.12. The number of hydrogen-bond acceptors (Lipinski definition) is 4. The van der Waals surface area contributed by atoms with Crippen molar-refractivity contribution in [2.75, 3.05) is 26.3 Å². The van der Waals surface area contributed by atoms with Crippen molar-refractivity contribution < 1.29 is 9.15 Å². The van der Waals surface area contributed by atoms with Crippen LogP contribution in [0.25, 0.3) is 11.1 Å². The van der Waals surface area contributed by atoms with E-state index in [1.165, 1.54) is 17.5 Å². The van der Waals surface area contributed by atoms with Crippen LogP contribution in [0.4, 0.5) is 0 Å². The fourth-order valence-electron chi connectivity index (χ4n) is 4.38. The van der Waals surface area contributed by atoms with Crippen molar-refractivity contribution >= 4 is 11.1 Å². The lowest BCUT2D eigenvalue weighted by molar-refractivity contribution is -0.00231. The Labute approximate surface area is 171 Å². The molecule has 4 rings (SSSR count). The standard InChI is InChI=1S/C24H30N2O3/c1-2-28-18-24(11-10-19-6-4-3-5-7-19)12-14-26(15-13-24)17-20-8-9-22-21(16-20)25-23(27)29-22/h3-9,16H,2,10-15,17-18H2,1H3,(H,25,27). The van der Waals surface area contributed by atoms with Crippen LogP contribution in [0.5, 0.6) is 0 Å². The Morgan fingerprint density at radius 2 is 1.90 bits per heavy atom. The van der Waals surface area contributed by atoms with Gasteiger partial charge in [-0.3, -0.25) is 9.88 Å². The molecular weight excluding hydrogens is 364 g/mol. The van der Waals surface area contributed by atoms with Gasteiger partial charge in [0, 0.05) is 13.2 Å². The van der Waals surface area contributed by atoms with Crippen LogP contribution in [0.1, 0.15) is 37.3 Å². The van der Waals surface area contributed by atoms with Crippen molar-refractivity contribution in [2.24, 2.45) is 5.41 Å². The van der Waals surface area contributed by atoms with Crippen molar-refractivity contribution in [2.45, 2.75) is 39.2 Å². The lowest BCUT2D eigenvalue weighted by Gasteiger charge is -2.42. The van der Waals surface area contributed by atoms with E-state index in [1.54, 1.807) is 0 Å². The molecular formula is C24H30N2O3. The Hall–Kier alpha value is -2.37. The summed E-state index contributed by atoms with van der Waals surface area (Å²) in [6.07, 6.45) is 4.60. The average molecular weight is 395 g/mol. The van der Waals surface area contributed by atoms with Crippen molar-refractivity contribution in [3.63, 3.8) is 0 Å². The Bertz CT molecular complexity index is 968. The fraction of sp³-hybridized carbons (Fsp3) is 0.458. The van der Waals surface area contributed by atoms with E-state index in [-0.39, 0.29) is 5.41 Å². The summed E-state index contributed by atoms with van der Waals surface area (Å²) >= 11 is 0. The maximum absolute atomic E-state index is 11.4. The first kappa shape index (κ1) is 19.9. The van der Waals surface area contributed by atoms with Gasteiger partial charge in [-0.25, -0.2) is 4.79 Å². The minimum Gasteiger partial charge on any atom is -0.408 e. The zero-order valence-electron chi connectivity index (χ0n) is 17.2. The summed E-state index contributed by atoms with van der Waals surface area (Å²) in [6.45, 7) is 6.75. The fourth-order valence-corrected chi connectivity index (χ4v) is 4.38. The molecule has 3 aromatic rings. The van der Waals surface area contributed by atoms with Crippen molar-refractivity contribution in [3.8, 4) is 0 Å². The summed E-state index contributed by atoms with van der Waals surface area (Å²) in [5.74, 6) is -0.394. The molecule has 5 nitrogen and oxygen atoms in total. The number of nitrogens with one attached hydrogen (secondary N) is 1. The number of aromatic amines is 1. The van der Waals surface area contributed by atoms with Gasteiger partial charge in [0.05, 0.1) is 12.1 Å². The number of hydrogen-bond donors (Lipinski definition) is 1. The quantitative estimate of drug-likeness (QED) is 0.616. The van der Waals surface area contributed by atoms with Crippen molar-refractivity contribution in [3.05, 3.63) is 70.2 Å². The van der Waals surface area contributed by atoms with Crippen LogP contribution in [0.15, 0.2) is 57.7 Å². The third-order valence-corrected chi connectivity index (χ3v) is 6.21. The molecule has 2 aromatic carbocycles. The number of benzene rings is 2. The SMILES string of the molecule is CCOCC1(CCc2ccccc2)CCN(Cc2ccc3oc(=O)[nH]c3c2)CC1. The predicted molar refractivity (Wildman–Crippen MR) is 115 cm³/mol. The van der Waals surface area contributed by atoms with E-state index >= 15 is 0 Å². The van der Waals surface area contributed by atoms with Gasteiger partial charge in [-0.1, -0.05) is 36.4 Å². The van der Waals surface area contributed by atoms with E-state index in [2.05, 4.69) is 53.2 Å². The summed E-state index contributed by atoms with van der Waals surface area (Å²) in [7, 11) is 0. The monoisotopic (exact) mass is 394 g/mol. The van der Waals surface area contributed by atoms with E-state index in [4.69, 9.17) is 9.15 Å². The third kappa shape index (κ3) is 4.98. The lowest BCUT2D eigenvalue weighted by atomic mass is 9.74. The summed E-state index contributed by atoms with van der Waals surface area (Å²) in [5, 5.41) is 0. The smallest absolute Gasteiger partial charge is 0.408 e. The Kier molecular flexibility index (Phi) is 6.16. The molecule has 1 N–H and O–H groups in total. The largest absolute Gasteiger partial charge is 0.417 e. The van der Waals surface area contributed by atoms with Gasteiger partial charge in [-0.2, -0.15) is 0 Å². The zero-order chi connectivity index (χ0) is 20.1. The number of aromatic nitrogens is 1. The molecule has 2 heterocycles. The molecule has 0 spiro atoms. The minimum absolute atomic E-state index is 0.266. The van der Waals surface area contributed by atoms with Crippen molar-refractivity contribution in [1.29, 1.82) is 0 Å². The Morgan fingerprint density at radius 1 is 1.10 bits per heavy atom. The van der Waals surface area contributed by atoms with Gasteiger partial charge >= 0.3 is 5.76 Å². The van der Waals surface area contributed by atoms with Crippen LogP contribution in [-0.2, 0) is 17.7 Å². The van der Waals surface area contributed by atoms with Gasteiger partial charge in [0.15, 0.2) is 5.58 Å². The molecule has 1 aliphatic heterocycles. The third-order valence-electron chi connectivity index (χ3n) is 6.21. The molecule has 154 valence electrons. The van der Waals surface area contributed by atoms with Crippen LogP contribution in [0, 0.1) is 5.41 Å². The van der Waals surface area contributed by atoms with Gasteiger partial charge < -0.3 is 9.15 Å². The highest BCUT2D eigenvalue weighted by atomic mass is 16.5. The number of fused-ring (bicyclic) bond motifs is 1. The summed E-state index contributed by atoms with van der Waals surface area (Å²) < 4.78 is 11.0. The second-order valence-corrected chi connectivity index (χ2v) is 8.24. The van der Waals surface area contributed by atoms with Gasteiger partial charge in [0.25, 0.3) is 0 Å². The maximum Gasteiger partial charge on any atom is 0.417 e. The van der Waals surface area contributed by atoms with E-state index in [9.17, 15) is 4.79 Å². The van der Waals surface area contributed by atoms with Crippen LogP contribution >= 0.6 is 0 Å². The second-order valence-electron chi connectivity index (χ2n) is 8.24. The number of nitrogens with zero attached hydrogens (tertiary/aromatic N) is 1. The van der Waals surface area contributed by atoms with E-state index in [0.29, 0.717) is 5.58 Å². The second kappa shape index (κ2) is 8.97. The van der Waals surface area contributed by atoms with E-state index in [0.717, 1.165) is 57.6 Å². The number of rotatable bonds is 8. The normalized spacial score (nSPS) is 17.0. The number of oxazole rings is 1. The number of aryl methyl sites for hydroxylation is 1. The first-order chi connectivity index (χ1) is 14.2. The lowest BCUT2D eigenvalue weighted by Crippen LogP contribution is -2.42. The van der Waals surface area contributed by atoms with Gasteiger partial charge in [0.1, 0.15) is 0 Å². The highest BCUT2D eigenvalue weighted by Gasteiger charge is 2.34. The Morgan fingerprint density at radius 3 is 2.66 bits per heavy atom. The molecule has 1 aliphatic rings. The topological polar surface area (TPSA) is 58.5 Å². The molecule has 0 unspecified atom stereocenters. The highest BCUT2D eigenvalue weighted by Crippen LogP contribution is 2.37. The maximum atomic E-state index is 11.4. The molecule has 0 radical (unpaired) electrons. The molecule has 0 aliphatic carbocycles. The highest BCUT2D eigenvalue weighted by molar-refractivity contribution is 5.72. The number of H-pyrrole nitrogens is 1. The molecule has 29 heavy (non-hydrogen) atoms. The summed E-state index contributed by atoms with van der Waals surface area (Å²) in [4.78, 5) is 16.6. The van der Waals surface area contributed by atoms with E-state index in [1.807, 2.05) is 12.1 Å². The number of likely N-dealkylation sites (tertiary alicyclic amines) is 1. The minimum atomic E-state index is -0.394. The molecule has 1 fully saturated rings. The molecule has 0 bridgehead atoms. The van der Waals surface area contributed by atoms with Crippen LogP contribution < -0.4 is 5.76 Å². The summed E-state index contributed by atoms with van der Waals surface area (Å²) in [6, 6.07) is 16.7. The van der Waals surface area contributed by atoms with Gasteiger partial charge in [-0.05, 0) is 74.4 Å². The molecule has 0 saturated carbocycles. The van der Waals surface area contributed by atoms with Gasteiger partial charge in [0.2, 0.25) is 0 Å². The molecule has 0 amide bonds. The summed E-state index contributed by atoms with van der Waals surface area (Å²) in [5.41, 5.74) is 4.28. The van der Waals surface area contributed by atoms with E-state index < -0.39 is 5.76 Å². The molecule has 1 saturated heterocycles. The predicted octanol–water partition coefficient (Wildman–Crippen LogP) is 4.37. The first-order valence-corrected chi connectivity index (χ1v) is 10.6. The molecule has 0 atom stereocenters. The Balaban J connectivity index is 1.37. The van der Waals surface area contributed by atoms with Crippen LogP contribution in [0.3, 0.4) is 0 Å². The number of piperidine rings is 1. The van der Waals surface area contributed by atoms with Crippen LogP contribution in [-0.4, -0.2) is 36.2 Å². The number of ether oxygens (including phenoxy) is 1. The zero-order valence-corrected chi connectivity index (χ0v) is 17.2. The van der Waals surface area contributed by atoms with Gasteiger partial charge in [-0.15, -0.1) is 0 Å². The molecule has 1 aromatic heterocycles. The first-order valence-electron chi connectivity index (χ1n) is 10.6. The van der Waals surface area contributed by atoms with Crippen molar-refractivity contribution in [1.82, 2.24) is 9.88 Å². The molecule has 5 heteroatoms. The van der Waals surface area contributed by atoms with Crippen LogP contribution in [0.2, 0.25) is 0 Å².